The molecule has 1 aliphatic rings. The molecule has 114 valence electrons. The fraction of sp³-hybridized carbons (Fsp3) is 1.00. The van der Waals surface area contributed by atoms with Crippen LogP contribution < -0.4 is 5.32 Å². The maximum Gasteiger partial charge on any atom is 0.0103 e. The Balaban J connectivity index is 2.58. The van der Waals surface area contributed by atoms with E-state index in [1.165, 1.54) is 50.2 Å². The molecule has 2 heteroatoms. The summed E-state index contributed by atoms with van der Waals surface area (Å²) in [7, 11) is 0. The molecule has 3 unspecified atom stereocenters. The maximum absolute atomic E-state index is 3.84. The van der Waals surface area contributed by atoms with E-state index in [2.05, 4.69) is 51.7 Å². The van der Waals surface area contributed by atoms with Crippen LogP contribution in [0.2, 0.25) is 0 Å². The molecule has 0 radical (unpaired) electrons. The molecule has 0 aromatic rings. The predicted octanol–water partition coefficient (Wildman–Crippen LogP) is 4.96. The zero-order chi connectivity index (χ0) is 14.3. The lowest BCUT2D eigenvalue weighted by Crippen LogP contribution is -2.47. The molecule has 1 aliphatic carbocycles. The molecule has 0 saturated heterocycles. The van der Waals surface area contributed by atoms with Crippen molar-refractivity contribution in [1.29, 1.82) is 0 Å². The molecule has 0 aromatic carbocycles. The van der Waals surface area contributed by atoms with Crippen molar-refractivity contribution in [1.82, 2.24) is 5.32 Å². The number of hydrogen-bond donors (Lipinski definition) is 1. The highest BCUT2D eigenvalue weighted by atomic mass is 32.2. The third kappa shape index (κ3) is 5.67. The first-order chi connectivity index (χ1) is 9.01. The predicted molar refractivity (Wildman–Crippen MR) is 90.0 cm³/mol. The normalized spacial score (nSPS) is 28.6. The Hall–Kier alpha value is 0.310. The standard InChI is InChI=1S/C17H35NS/c1-6-11-18-16-13-14(3)8-9-15(16)17(4,5)10-12-19-7-2/h14-16,18H,6-13H2,1-5H3. The first-order valence-electron chi connectivity index (χ1n) is 8.32. The summed E-state index contributed by atoms with van der Waals surface area (Å²) in [4.78, 5) is 0. The van der Waals surface area contributed by atoms with Crippen molar-refractivity contribution in [3.05, 3.63) is 0 Å². The zero-order valence-corrected chi connectivity index (χ0v) is 14.6. The van der Waals surface area contributed by atoms with Gasteiger partial charge in [0.15, 0.2) is 0 Å². The molecular formula is C17H35NS. The van der Waals surface area contributed by atoms with Crippen molar-refractivity contribution in [3.63, 3.8) is 0 Å². The van der Waals surface area contributed by atoms with Crippen LogP contribution in [0.15, 0.2) is 0 Å². The molecule has 0 spiro atoms. The summed E-state index contributed by atoms with van der Waals surface area (Å²) in [5, 5.41) is 3.84. The van der Waals surface area contributed by atoms with E-state index < -0.39 is 0 Å². The Bertz CT molecular complexity index is 239. The highest BCUT2D eigenvalue weighted by Crippen LogP contribution is 2.42. The number of thioether (sulfide) groups is 1. The van der Waals surface area contributed by atoms with Gasteiger partial charge in [-0.15, -0.1) is 0 Å². The Morgan fingerprint density at radius 3 is 2.58 bits per heavy atom. The van der Waals surface area contributed by atoms with E-state index >= 15 is 0 Å². The van der Waals surface area contributed by atoms with Gasteiger partial charge in [0, 0.05) is 6.04 Å². The molecule has 0 aliphatic heterocycles. The van der Waals surface area contributed by atoms with E-state index in [-0.39, 0.29) is 0 Å². The van der Waals surface area contributed by atoms with Crippen LogP contribution in [0, 0.1) is 17.3 Å². The summed E-state index contributed by atoms with van der Waals surface area (Å²) in [6, 6.07) is 0.755. The average Bonchev–Trinajstić information content (AvgIpc) is 2.36. The highest BCUT2D eigenvalue weighted by molar-refractivity contribution is 7.99. The number of hydrogen-bond acceptors (Lipinski definition) is 2. The first kappa shape index (κ1) is 17.4. The van der Waals surface area contributed by atoms with Crippen molar-refractivity contribution in [2.45, 2.75) is 72.8 Å². The van der Waals surface area contributed by atoms with Crippen LogP contribution in [0.3, 0.4) is 0 Å². The molecule has 1 N–H and O–H groups in total. The Morgan fingerprint density at radius 2 is 1.95 bits per heavy atom. The minimum absolute atomic E-state index is 0.494. The summed E-state index contributed by atoms with van der Waals surface area (Å²) in [5.41, 5.74) is 0.494. The fourth-order valence-corrected chi connectivity index (χ4v) is 4.50. The van der Waals surface area contributed by atoms with Gasteiger partial charge in [-0.05, 0) is 61.0 Å². The van der Waals surface area contributed by atoms with Crippen molar-refractivity contribution in [2.24, 2.45) is 17.3 Å². The van der Waals surface area contributed by atoms with Crippen LogP contribution in [0.25, 0.3) is 0 Å². The molecule has 1 saturated carbocycles. The van der Waals surface area contributed by atoms with Gasteiger partial charge >= 0.3 is 0 Å². The van der Waals surface area contributed by atoms with E-state index in [0.29, 0.717) is 5.41 Å². The molecule has 1 fully saturated rings. The second-order valence-electron chi connectivity index (χ2n) is 7.02. The van der Waals surface area contributed by atoms with Crippen LogP contribution in [0.4, 0.5) is 0 Å². The third-order valence-corrected chi connectivity index (χ3v) is 5.77. The van der Waals surface area contributed by atoms with Gasteiger partial charge in [0.1, 0.15) is 0 Å². The maximum atomic E-state index is 3.84. The molecule has 0 aromatic heterocycles. The van der Waals surface area contributed by atoms with Crippen LogP contribution in [-0.2, 0) is 0 Å². The highest BCUT2D eigenvalue weighted by Gasteiger charge is 2.38. The molecule has 1 rings (SSSR count). The van der Waals surface area contributed by atoms with Gasteiger partial charge in [-0.2, -0.15) is 11.8 Å². The van der Waals surface area contributed by atoms with E-state index in [1.807, 2.05) is 0 Å². The van der Waals surface area contributed by atoms with Gasteiger partial charge < -0.3 is 5.32 Å². The van der Waals surface area contributed by atoms with Gasteiger partial charge in [-0.1, -0.05) is 41.0 Å². The second-order valence-corrected chi connectivity index (χ2v) is 8.41. The quantitative estimate of drug-likeness (QED) is 0.633. The van der Waals surface area contributed by atoms with Crippen LogP contribution in [0.5, 0.6) is 0 Å². The van der Waals surface area contributed by atoms with E-state index in [1.54, 1.807) is 0 Å². The minimum Gasteiger partial charge on any atom is -0.314 e. The average molecular weight is 286 g/mol. The molecule has 0 bridgehead atoms. The van der Waals surface area contributed by atoms with Crippen molar-refractivity contribution in [3.8, 4) is 0 Å². The smallest absolute Gasteiger partial charge is 0.0103 e. The summed E-state index contributed by atoms with van der Waals surface area (Å²) < 4.78 is 0. The van der Waals surface area contributed by atoms with Crippen LogP contribution in [-0.4, -0.2) is 24.1 Å². The molecule has 0 amide bonds. The summed E-state index contributed by atoms with van der Waals surface area (Å²) in [6.07, 6.45) is 6.86. The van der Waals surface area contributed by atoms with Gasteiger partial charge in [0.25, 0.3) is 0 Å². The fourth-order valence-electron chi connectivity index (χ4n) is 3.54. The van der Waals surface area contributed by atoms with Crippen molar-refractivity contribution >= 4 is 11.8 Å². The molecule has 19 heavy (non-hydrogen) atoms. The van der Waals surface area contributed by atoms with Crippen molar-refractivity contribution in [2.75, 3.05) is 18.1 Å². The Kier molecular flexibility index (Phi) is 7.83. The van der Waals surface area contributed by atoms with Crippen LogP contribution in [0.1, 0.15) is 66.7 Å². The third-order valence-electron chi connectivity index (χ3n) is 4.87. The number of nitrogens with one attached hydrogen (secondary N) is 1. The second kappa shape index (κ2) is 8.56. The Morgan fingerprint density at radius 1 is 1.21 bits per heavy atom. The van der Waals surface area contributed by atoms with Gasteiger partial charge in [0.2, 0.25) is 0 Å². The molecule has 3 atom stereocenters. The van der Waals surface area contributed by atoms with E-state index in [0.717, 1.165) is 17.9 Å². The van der Waals surface area contributed by atoms with Gasteiger partial charge in [-0.3, -0.25) is 0 Å². The summed E-state index contributed by atoms with van der Waals surface area (Å²) in [5.74, 6) is 4.37. The lowest BCUT2D eigenvalue weighted by Gasteiger charge is -2.45. The Labute approximate surface area is 125 Å². The largest absolute Gasteiger partial charge is 0.314 e. The molecule has 0 heterocycles. The first-order valence-corrected chi connectivity index (χ1v) is 9.47. The van der Waals surface area contributed by atoms with Crippen molar-refractivity contribution < 1.29 is 0 Å². The SMILES string of the molecule is CCCNC1CC(C)CCC1C(C)(C)CCSCC. The minimum atomic E-state index is 0.494. The molecule has 1 nitrogen and oxygen atoms in total. The van der Waals surface area contributed by atoms with Crippen LogP contribution >= 0.6 is 11.8 Å². The lowest BCUT2D eigenvalue weighted by molar-refractivity contribution is 0.0918. The molecular weight excluding hydrogens is 250 g/mol. The topological polar surface area (TPSA) is 12.0 Å². The van der Waals surface area contributed by atoms with E-state index in [4.69, 9.17) is 0 Å². The van der Waals surface area contributed by atoms with E-state index in [9.17, 15) is 0 Å². The monoisotopic (exact) mass is 285 g/mol. The zero-order valence-electron chi connectivity index (χ0n) is 13.8. The summed E-state index contributed by atoms with van der Waals surface area (Å²) >= 11 is 2.10. The van der Waals surface area contributed by atoms with Gasteiger partial charge in [0.05, 0.1) is 0 Å². The lowest BCUT2D eigenvalue weighted by atomic mass is 9.65. The van der Waals surface area contributed by atoms with Gasteiger partial charge in [-0.25, -0.2) is 0 Å². The summed E-state index contributed by atoms with van der Waals surface area (Å²) in [6.45, 7) is 13.2. The number of rotatable bonds is 8.